The Morgan fingerprint density at radius 1 is 1.53 bits per heavy atom. The van der Waals surface area contributed by atoms with E-state index in [1.165, 1.54) is 0 Å². The highest BCUT2D eigenvalue weighted by molar-refractivity contribution is 5.79. The predicted molar refractivity (Wildman–Crippen MR) is 75.5 cm³/mol. The average Bonchev–Trinajstić information content (AvgIpc) is 2.45. The lowest BCUT2D eigenvalue weighted by molar-refractivity contribution is -0.125. The Kier molecular flexibility index (Phi) is 6.04. The largest absolute Gasteiger partial charge is 0.339 e. The van der Waals surface area contributed by atoms with E-state index in [1.807, 2.05) is 18.7 Å². The zero-order chi connectivity index (χ0) is 14.3. The Balaban J connectivity index is 2.51. The molecule has 1 unspecified atom stereocenters. The molecule has 4 nitrogen and oxygen atoms in total. The molecule has 1 amide bonds. The molecule has 1 N–H and O–H groups in total. The van der Waals surface area contributed by atoms with Gasteiger partial charge in [-0.1, -0.05) is 19.8 Å². The number of hydrogen-bond donors (Lipinski definition) is 1. The Morgan fingerprint density at radius 3 is 2.74 bits per heavy atom. The maximum absolute atomic E-state index is 12.1. The molecule has 1 heterocycles. The van der Waals surface area contributed by atoms with Crippen molar-refractivity contribution >= 4 is 12.2 Å². The van der Waals surface area contributed by atoms with E-state index in [-0.39, 0.29) is 11.8 Å². The Hall–Kier alpha value is -1.34. The number of terminal acetylenes is 1. The highest BCUT2D eigenvalue weighted by atomic mass is 16.2. The third kappa shape index (κ3) is 4.36. The van der Waals surface area contributed by atoms with Gasteiger partial charge in [-0.15, -0.1) is 6.42 Å². The summed E-state index contributed by atoms with van der Waals surface area (Å²) in [7, 11) is 0. The normalized spacial score (nSPS) is 20.6. The minimum atomic E-state index is -0.531. The van der Waals surface area contributed by atoms with Crippen molar-refractivity contribution in [2.24, 2.45) is 5.92 Å². The Bertz CT molecular complexity index is 356. The number of aldehydes is 1. The number of carbonyl (C=O) groups excluding carboxylic acids is 2. The van der Waals surface area contributed by atoms with Gasteiger partial charge in [-0.25, -0.2) is 0 Å². The van der Waals surface area contributed by atoms with E-state index in [2.05, 4.69) is 11.2 Å². The molecule has 1 aliphatic rings. The minimum Gasteiger partial charge on any atom is -0.339 e. The van der Waals surface area contributed by atoms with Crippen LogP contribution in [0.15, 0.2) is 0 Å². The van der Waals surface area contributed by atoms with Gasteiger partial charge < -0.3 is 10.1 Å². The second-order valence-electron chi connectivity index (χ2n) is 5.26. The second kappa shape index (κ2) is 7.30. The van der Waals surface area contributed by atoms with Crippen molar-refractivity contribution in [3.63, 3.8) is 0 Å². The molecule has 1 rings (SSSR count). The number of carbonyl (C=O) groups is 2. The van der Waals surface area contributed by atoms with Crippen molar-refractivity contribution in [3.8, 4) is 12.3 Å². The molecule has 1 saturated heterocycles. The molecule has 0 aromatic heterocycles. The number of amides is 1. The van der Waals surface area contributed by atoms with E-state index in [0.717, 1.165) is 38.5 Å². The van der Waals surface area contributed by atoms with Gasteiger partial charge >= 0.3 is 0 Å². The fraction of sp³-hybridized carbons (Fsp3) is 0.733. The van der Waals surface area contributed by atoms with Gasteiger partial charge in [-0.05, 0) is 32.2 Å². The quantitative estimate of drug-likeness (QED) is 0.579. The van der Waals surface area contributed by atoms with Crippen molar-refractivity contribution in [1.29, 1.82) is 0 Å². The molecule has 0 radical (unpaired) electrons. The maximum Gasteiger partial charge on any atom is 0.235 e. The first-order valence-electron chi connectivity index (χ1n) is 7.05. The van der Waals surface area contributed by atoms with Gasteiger partial charge in [0.05, 0.1) is 6.54 Å². The van der Waals surface area contributed by atoms with Crippen LogP contribution in [-0.2, 0) is 9.59 Å². The molecule has 1 aliphatic heterocycles. The van der Waals surface area contributed by atoms with Crippen molar-refractivity contribution in [2.75, 3.05) is 19.6 Å². The lowest BCUT2D eigenvalue weighted by Gasteiger charge is -2.32. The molecule has 1 fully saturated rings. The molecular formula is C15H24N2O2. The van der Waals surface area contributed by atoms with Crippen LogP contribution in [0.4, 0.5) is 0 Å². The molecule has 106 valence electrons. The van der Waals surface area contributed by atoms with Crippen molar-refractivity contribution in [3.05, 3.63) is 0 Å². The van der Waals surface area contributed by atoms with Crippen LogP contribution >= 0.6 is 0 Å². The smallest absolute Gasteiger partial charge is 0.235 e. The zero-order valence-electron chi connectivity index (χ0n) is 11.9. The zero-order valence-corrected chi connectivity index (χ0v) is 11.9. The maximum atomic E-state index is 12.1. The molecule has 0 saturated carbocycles. The molecule has 0 aromatic rings. The monoisotopic (exact) mass is 264 g/mol. The van der Waals surface area contributed by atoms with E-state index in [0.29, 0.717) is 13.1 Å². The van der Waals surface area contributed by atoms with Gasteiger partial charge in [-0.3, -0.25) is 9.69 Å². The molecule has 0 spiro atoms. The highest BCUT2D eigenvalue weighted by Crippen LogP contribution is 2.16. The van der Waals surface area contributed by atoms with Crippen LogP contribution in [0.25, 0.3) is 0 Å². The summed E-state index contributed by atoms with van der Waals surface area (Å²) in [5, 5.41) is 2.95. The Labute approximate surface area is 115 Å². The fourth-order valence-electron chi connectivity index (χ4n) is 2.52. The molecule has 0 bridgehead atoms. The van der Waals surface area contributed by atoms with Crippen molar-refractivity contribution in [1.82, 2.24) is 10.2 Å². The number of likely N-dealkylation sites (tertiary alicyclic amines) is 1. The topological polar surface area (TPSA) is 49.4 Å². The minimum absolute atomic E-state index is 0.0480. The summed E-state index contributed by atoms with van der Waals surface area (Å²) in [5.74, 6) is 2.71. The summed E-state index contributed by atoms with van der Waals surface area (Å²) in [5.41, 5.74) is -0.531. The lowest BCUT2D eigenvalue weighted by atomic mass is 9.94. The molecule has 0 aromatic carbocycles. The third-order valence-electron chi connectivity index (χ3n) is 3.96. The van der Waals surface area contributed by atoms with Gasteiger partial charge in [0.15, 0.2) is 0 Å². The van der Waals surface area contributed by atoms with Gasteiger partial charge in [0.1, 0.15) is 11.8 Å². The molecule has 19 heavy (non-hydrogen) atoms. The van der Waals surface area contributed by atoms with E-state index >= 15 is 0 Å². The third-order valence-corrected chi connectivity index (χ3v) is 3.96. The summed E-state index contributed by atoms with van der Waals surface area (Å²) in [6, 6.07) is 0. The molecular weight excluding hydrogens is 240 g/mol. The van der Waals surface area contributed by atoms with Gasteiger partial charge in [0.25, 0.3) is 0 Å². The standard InChI is InChI=1S/C15H24N2O2/c1-4-15(5-2,6-3)16-14(19)11-17-9-7-8-13(10-17)12-18/h1,12-13H,5-11H2,2-3H3,(H,16,19). The summed E-state index contributed by atoms with van der Waals surface area (Å²) < 4.78 is 0. The number of piperidine rings is 1. The molecule has 4 heteroatoms. The number of hydrogen-bond acceptors (Lipinski definition) is 3. The van der Waals surface area contributed by atoms with E-state index < -0.39 is 5.54 Å². The lowest BCUT2D eigenvalue weighted by Crippen LogP contribution is -2.51. The highest BCUT2D eigenvalue weighted by Gasteiger charge is 2.27. The van der Waals surface area contributed by atoms with E-state index in [4.69, 9.17) is 6.42 Å². The first kappa shape index (κ1) is 15.7. The van der Waals surface area contributed by atoms with Gasteiger partial charge in [0, 0.05) is 12.5 Å². The average molecular weight is 264 g/mol. The van der Waals surface area contributed by atoms with Crippen molar-refractivity contribution in [2.45, 2.75) is 45.1 Å². The van der Waals surface area contributed by atoms with Crippen LogP contribution < -0.4 is 5.32 Å². The van der Waals surface area contributed by atoms with Crippen LogP contribution in [0.1, 0.15) is 39.5 Å². The molecule has 0 aliphatic carbocycles. The number of nitrogens with zero attached hydrogens (tertiary/aromatic N) is 1. The first-order chi connectivity index (χ1) is 9.09. The predicted octanol–water partition coefficient (Wildman–Crippen LogP) is 1.21. The fourth-order valence-corrected chi connectivity index (χ4v) is 2.52. The van der Waals surface area contributed by atoms with Crippen LogP contribution in [0, 0.1) is 18.3 Å². The first-order valence-corrected chi connectivity index (χ1v) is 7.05. The van der Waals surface area contributed by atoms with Crippen LogP contribution in [0.3, 0.4) is 0 Å². The van der Waals surface area contributed by atoms with Crippen LogP contribution in [0.5, 0.6) is 0 Å². The summed E-state index contributed by atoms with van der Waals surface area (Å²) in [6.07, 6.45) is 9.87. The van der Waals surface area contributed by atoms with Gasteiger partial charge in [-0.2, -0.15) is 0 Å². The second-order valence-corrected chi connectivity index (χ2v) is 5.26. The molecule has 1 atom stereocenters. The summed E-state index contributed by atoms with van der Waals surface area (Å²) >= 11 is 0. The van der Waals surface area contributed by atoms with E-state index in [1.54, 1.807) is 0 Å². The Morgan fingerprint density at radius 2 is 2.21 bits per heavy atom. The summed E-state index contributed by atoms with van der Waals surface area (Å²) in [6.45, 7) is 5.84. The van der Waals surface area contributed by atoms with Gasteiger partial charge in [0.2, 0.25) is 5.91 Å². The number of rotatable bonds is 6. The van der Waals surface area contributed by atoms with Crippen LogP contribution in [-0.4, -0.2) is 42.3 Å². The van der Waals surface area contributed by atoms with Crippen molar-refractivity contribution < 1.29 is 9.59 Å². The van der Waals surface area contributed by atoms with Crippen LogP contribution in [0.2, 0.25) is 0 Å². The SMILES string of the molecule is C#CC(CC)(CC)NC(=O)CN1CCCC(C=O)C1. The van der Waals surface area contributed by atoms with E-state index in [9.17, 15) is 9.59 Å². The summed E-state index contributed by atoms with van der Waals surface area (Å²) in [4.78, 5) is 24.9. The number of nitrogens with one attached hydrogen (secondary N) is 1.